The number of aromatic carboxylic acids is 1. The van der Waals surface area contributed by atoms with Gasteiger partial charge in [-0.15, -0.1) is 0 Å². The van der Waals surface area contributed by atoms with Gasteiger partial charge in [0.1, 0.15) is 28.2 Å². The first-order valence-electron chi connectivity index (χ1n) is 10.6. The van der Waals surface area contributed by atoms with Gasteiger partial charge in [-0.1, -0.05) is 54.6 Å². The molecule has 0 saturated heterocycles. The normalized spacial score (nSPS) is 12.1. The molecule has 0 fully saturated rings. The zero-order valence-electron chi connectivity index (χ0n) is 17.9. The molecule has 7 nitrogen and oxygen atoms in total. The maximum atomic E-state index is 10.6. The lowest BCUT2D eigenvalue weighted by atomic mass is 10.1. The largest absolute Gasteiger partial charge is 0.506 e. The summed E-state index contributed by atoms with van der Waals surface area (Å²) in [5.41, 5.74) is 4.89. The summed E-state index contributed by atoms with van der Waals surface area (Å²) in [5, 5.41) is 29.7. The van der Waals surface area contributed by atoms with Gasteiger partial charge in [0.15, 0.2) is 0 Å². The van der Waals surface area contributed by atoms with Crippen LogP contribution in [0.5, 0.6) is 11.5 Å². The Morgan fingerprint density at radius 1 is 0.706 bits per heavy atom. The van der Waals surface area contributed by atoms with Crippen LogP contribution in [0.3, 0.4) is 0 Å². The number of aromatic hydroxyl groups is 2. The maximum Gasteiger partial charge on any atom is 0.354 e. The van der Waals surface area contributed by atoms with Crippen molar-refractivity contribution in [2.24, 2.45) is 4.99 Å². The molecule has 2 aromatic heterocycles. The van der Waals surface area contributed by atoms with Crippen LogP contribution in [-0.2, 0) is 6.42 Å². The Bertz CT molecular complexity index is 1590. The SMILES string of the molecule is O=C(O)c1ccc2cccc(O)c2n1.Oc1cccc2ccc(C3=Nc4ccccc4C3)nc12. The third-order valence-electron chi connectivity index (χ3n) is 5.52. The van der Waals surface area contributed by atoms with Crippen molar-refractivity contribution in [2.45, 2.75) is 6.42 Å². The molecule has 3 N–H and O–H groups in total. The van der Waals surface area contributed by atoms with Crippen LogP contribution in [-0.4, -0.2) is 37.0 Å². The number of phenols is 2. The number of carboxylic acid groups (broad SMARTS) is 1. The Balaban J connectivity index is 0.000000152. The molecule has 1 aliphatic rings. The fourth-order valence-electron chi connectivity index (χ4n) is 3.83. The standard InChI is InChI=1S/C17H12N2O.C10H7NO3/c20-16-7-3-5-11-8-9-14(19-17(11)16)15-10-12-4-1-2-6-13(12)18-15;12-8-3-1-2-6-4-5-7(10(13)14)11-9(6)8/h1-9,20H,10H2;1-5,12H,(H,13,14). The van der Waals surface area contributed by atoms with Gasteiger partial charge in [-0.25, -0.2) is 14.8 Å². The van der Waals surface area contributed by atoms with Crippen LogP contribution < -0.4 is 0 Å². The Morgan fingerprint density at radius 2 is 1.35 bits per heavy atom. The highest BCUT2D eigenvalue weighted by atomic mass is 16.4. The number of phenolic OH excluding ortho intramolecular Hbond substituents is 2. The van der Waals surface area contributed by atoms with E-state index in [9.17, 15) is 15.0 Å². The number of aliphatic imine (C=N–C) groups is 1. The van der Waals surface area contributed by atoms with Crippen LogP contribution in [0.1, 0.15) is 21.7 Å². The van der Waals surface area contributed by atoms with E-state index in [4.69, 9.17) is 5.11 Å². The Kier molecular flexibility index (Phi) is 5.35. The van der Waals surface area contributed by atoms with Crippen LogP contribution in [0, 0.1) is 0 Å². The first-order chi connectivity index (χ1) is 16.5. The Labute approximate surface area is 194 Å². The molecule has 0 atom stereocenters. The average molecular weight is 449 g/mol. The molecule has 7 heteroatoms. The minimum atomic E-state index is -1.10. The predicted octanol–water partition coefficient (Wildman–Crippen LogP) is 5.26. The lowest BCUT2D eigenvalue weighted by molar-refractivity contribution is 0.0691. The summed E-state index contributed by atoms with van der Waals surface area (Å²) in [7, 11) is 0. The summed E-state index contributed by atoms with van der Waals surface area (Å²) in [6.07, 6.45) is 0.794. The monoisotopic (exact) mass is 449 g/mol. The van der Waals surface area contributed by atoms with Crippen molar-refractivity contribution in [3.8, 4) is 11.5 Å². The summed E-state index contributed by atoms with van der Waals surface area (Å²) < 4.78 is 0. The minimum Gasteiger partial charge on any atom is -0.506 e. The van der Waals surface area contributed by atoms with Crippen molar-refractivity contribution < 1.29 is 20.1 Å². The number of hydrogen-bond donors (Lipinski definition) is 3. The van der Waals surface area contributed by atoms with Gasteiger partial charge in [0.05, 0.1) is 17.1 Å². The molecule has 6 rings (SSSR count). The van der Waals surface area contributed by atoms with E-state index in [2.05, 4.69) is 21.0 Å². The van der Waals surface area contributed by atoms with E-state index in [0.717, 1.165) is 34.3 Å². The Hall–Kier alpha value is -4.78. The number of fused-ring (bicyclic) bond motifs is 3. The molecule has 0 aliphatic carbocycles. The topological polar surface area (TPSA) is 116 Å². The second kappa shape index (κ2) is 8.63. The van der Waals surface area contributed by atoms with Gasteiger partial charge in [-0.2, -0.15) is 0 Å². The van der Waals surface area contributed by atoms with Crippen LogP contribution in [0.15, 0.2) is 89.9 Å². The number of nitrogens with zero attached hydrogens (tertiary/aromatic N) is 3. The number of rotatable bonds is 2. The van der Waals surface area contributed by atoms with Gasteiger partial charge >= 0.3 is 5.97 Å². The summed E-state index contributed by atoms with van der Waals surface area (Å²) in [4.78, 5) is 23.6. The quantitative estimate of drug-likeness (QED) is 0.339. The highest BCUT2D eigenvalue weighted by Gasteiger charge is 2.17. The van der Waals surface area contributed by atoms with Crippen molar-refractivity contribution in [2.75, 3.05) is 0 Å². The van der Waals surface area contributed by atoms with Gasteiger partial charge in [-0.3, -0.25) is 4.99 Å². The zero-order chi connectivity index (χ0) is 23.7. The molecular weight excluding hydrogens is 430 g/mol. The molecule has 3 aromatic carbocycles. The van der Waals surface area contributed by atoms with Crippen LogP contribution in [0.2, 0.25) is 0 Å². The number of carboxylic acids is 1. The van der Waals surface area contributed by atoms with Gasteiger partial charge in [-0.05, 0) is 35.9 Å². The smallest absolute Gasteiger partial charge is 0.354 e. The van der Waals surface area contributed by atoms with E-state index in [1.807, 2.05) is 42.5 Å². The van der Waals surface area contributed by atoms with E-state index < -0.39 is 5.97 Å². The molecule has 1 aliphatic heterocycles. The lowest BCUT2D eigenvalue weighted by Crippen LogP contribution is -2.03. The third kappa shape index (κ3) is 4.02. The number of carbonyl (C=O) groups is 1. The molecule has 166 valence electrons. The van der Waals surface area contributed by atoms with E-state index >= 15 is 0 Å². The Morgan fingerprint density at radius 3 is 2.03 bits per heavy atom. The third-order valence-corrected chi connectivity index (χ3v) is 5.52. The van der Waals surface area contributed by atoms with Crippen molar-refractivity contribution in [1.29, 1.82) is 0 Å². The first kappa shape index (κ1) is 21.1. The minimum absolute atomic E-state index is 0.00870. The molecule has 34 heavy (non-hydrogen) atoms. The number of para-hydroxylation sites is 3. The summed E-state index contributed by atoms with van der Waals surface area (Å²) >= 11 is 0. The van der Waals surface area contributed by atoms with E-state index in [-0.39, 0.29) is 17.2 Å². The molecule has 0 spiro atoms. The van der Waals surface area contributed by atoms with E-state index in [1.165, 1.54) is 17.7 Å². The van der Waals surface area contributed by atoms with Crippen molar-refractivity contribution in [1.82, 2.24) is 9.97 Å². The second-order valence-corrected chi connectivity index (χ2v) is 7.76. The van der Waals surface area contributed by atoms with Crippen molar-refractivity contribution in [3.05, 3.63) is 102 Å². The second-order valence-electron chi connectivity index (χ2n) is 7.76. The maximum absolute atomic E-state index is 10.6. The molecule has 0 unspecified atom stereocenters. The molecule has 3 heterocycles. The van der Waals surface area contributed by atoms with Crippen LogP contribution in [0.25, 0.3) is 21.8 Å². The zero-order valence-corrected chi connectivity index (χ0v) is 17.9. The molecule has 0 bridgehead atoms. The van der Waals surface area contributed by atoms with Gasteiger partial charge in [0.25, 0.3) is 0 Å². The molecule has 5 aromatic rings. The first-order valence-corrected chi connectivity index (χ1v) is 10.6. The number of aromatic nitrogens is 2. The number of hydrogen-bond acceptors (Lipinski definition) is 6. The van der Waals surface area contributed by atoms with Gasteiger partial charge in [0.2, 0.25) is 0 Å². The van der Waals surface area contributed by atoms with Crippen molar-refractivity contribution >= 4 is 39.2 Å². The average Bonchev–Trinajstić information content (AvgIpc) is 3.29. The molecular formula is C27H19N3O4. The summed E-state index contributed by atoms with van der Waals surface area (Å²) in [6, 6.07) is 25.4. The lowest BCUT2D eigenvalue weighted by Gasteiger charge is -2.04. The predicted molar refractivity (Wildman–Crippen MR) is 130 cm³/mol. The molecule has 0 amide bonds. The van der Waals surface area contributed by atoms with Crippen LogP contribution in [0.4, 0.5) is 5.69 Å². The fourth-order valence-corrected chi connectivity index (χ4v) is 3.83. The fraction of sp³-hybridized carbons (Fsp3) is 0.0370. The highest BCUT2D eigenvalue weighted by Crippen LogP contribution is 2.29. The van der Waals surface area contributed by atoms with Crippen LogP contribution >= 0.6 is 0 Å². The summed E-state index contributed by atoms with van der Waals surface area (Å²) in [6.45, 7) is 0. The van der Waals surface area contributed by atoms with E-state index in [1.54, 1.807) is 24.3 Å². The highest BCUT2D eigenvalue weighted by molar-refractivity contribution is 6.06. The summed E-state index contributed by atoms with van der Waals surface area (Å²) in [5.74, 6) is -0.902. The number of pyridine rings is 2. The number of benzene rings is 3. The van der Waals surface area contributed by atoms with Crippen molar-refractivity contribution in [3.63, 3.8) is 0 Å². The van der Waals surface area contributed by atoms with E-state index in [0.29, 0.717) is 11.0 Å². The van der Waals surface area contributed by atoms with Gasteiger partial charge < -0.3 is 15.3 Å². The molecule has 0 radical (unpaired) electrons. The molecule has 0 saturated carbocycles. The van der Waals surface area contributed by atoms with Gasteiger partial charge in [0, 0.05) is 17.2 Å².